The summed E-state index contributed by atoms with van der Waals surface area (Å²) >= 11 is 0. The van der Waals surface area contributed by atoms with E-state index in [9.17, 15) is 20.3 Å². The minimum atomic E-state index is -1.15. The summed E-state index contributed by atoms with van der Waals surface area (Å²) in [5, 5.41) is 30.8. The molecule has 3 fully saturated rings. The predicted octanol–water partition coefficient (Wildman–Crippen LogP) is 0.274. The summed E-state index contributed by atoms with van der Waals surface area (Å²) in [6.45, 7) is 4.68. The molecule has 0 radical (unpaired) electrons. The molecule has 4 rings (SSSR count). The third-order valence-electron chi connectivity index (χ3n) is 8.68. The zero-order valence-electron chi connectivity index (χ0n) is 17.5. The number of allylic oxidation sites excluding steroid dienone is 2. The summed E-state index contributed by atoms with van der Waals surface area (Å²) in [5.41, 5.74) is 3.17. The third kappa shape index (κ3) is 3.33. The molecular formula is C23H30NNaO3. The molecule has 5 heteroatoms. The van der Waals surface area contributed by atoms with E-state index in [2.05, 4.69) is 26.0 Å². The molecule has 0 aromatic heterocycles. The maximum atomic E-state index is 11.1. The fraction of sp³-hybridized carbons (Fsp3) is 0.739. The molecule has 0 saturated heterocycles. The van der Waals surface area contributed by atoms with Crippen molar-refractivity contribution in [2.75, 3.05) is 0 Å². The normalized spacial score (nSPS) is 43.4. The summed E-state index contributed by atoms with van der Waals surface area (Å²) in [6, 6.07) is 2.18. The minimum absolute atomic E-state index is 0. The largest absolute Gasteiger partial charge is 1.00 e. The zero-order chi connectivity index (χ0) is 19.4. The Morgan fingerprint density at radius 1 is 1.25 bits per heavy atom. The molecule has 28 heavy (non-hydrogen) atoms. The van der Waals surface area contributed by atoms with Crippen molar-refractivity contribution in [1.82, 2.24) is 0 Å². The van der Waals surface area contributed by atoms with Crippen LogP contribution in [-0.4, -0.2) is 17.2 Å². The Balaban J connectivity index is 0.00000225. The van der Waals surface area contributed by atoms with Crippen LogP contribution in [0.15, 0.2) is 22.8 Å². The van der Waals surface area contributed by atoms with E-state index in [0.717, 1.165) is 56.9 Å². The fourth-order valence-electron chi connectivity index (χ4n) is 7.31. The molecule has 1 N–H and O–H groups in total. The summed E-state index contributed by atoms with van der Waals surface area (Å²) in [5.74, 6) is 0.623. The van der Waals surface area contributed by atoms with Gasteiger partial charge in [0.05, 0.1) is 12.2 Å². The number of nitriles is 1. The maximum Gasteiger partial charge on any atom is 1.00 e. The van der Waals surface area contributed by atoms with Crippen LogP contribution >= 0.6 is 0 Å². The second-order valence-corrected chi connectivity index (χ2v) is 9.77. The van der Waals surface area contributed by atoms with E-state index in [-0.39, 0.29) is 52.9 Å². The van der Waals surface area contributed by atoms with Crippen molar-refractivity contribution in [3.63, 3.8) is 0 Å². The molecule has 4 aliphatic carbocycles. The summed E-state index contributed by atoms with van der Waals surface area (Å²) in [7, 11) is 0. The van der Waals surface area contributed by atoms with Gasteiger partial charge < -0.3 is 15.0 Å². The number of fused-ring (bicyclic) bond motifs is 5. The monoisotopic (exact) mass is 391 g/mol. The molecule has 0 aromatic rings. The Bertz CT molecular complexity index is 766. The molecule has 0 unspecified atom stereocenters. The Morgan fingerprint density at radius 3 is 2.61 bits per heavy atom. The van der Waals surface area contributed by atoms with Gasteiger partial charge in [-0.2, -0.15) is 5.26 Å². The Hall–Kier alpha value is -0.600. The molecule has 0 aromatic carbocycles. The number of carboxylic acids is 1. The van der Waals surface area contributed by atoms with Gasteiger partial charge in [-0.15, -0.1) is 0 Å². The van der Waals surface area contributed by atoms with Crippen LogP contribution < -0.4 is 34.7 Å². The van der Waals surface area contributed by atoms with Gasteiger partial charge >= 0.3 is 29.6 Å². The first-order valence-corrected chi connectivity index (χ1v) is 10.5. The van der Waals surface area contributed by atoms with Gasteiger partial charge in [-0.05, 0) is 85.5 Å². The summed E-state index contributed by atoms with van der Waals surface area (Å²) in [4.78, 5) is 11.1. The molecule has 0 heterocycles. The Labute approximate surface area is 190 Å². The molecule has 0 spiro atoms. The summed E-state index contributed by atoms with van der Waals surface area (Å²) < 4.78 is 0. The van der Waals surface area contributed by atoms with Crippen molar-refractivity contribution in [3.8, 4) is 6.07 Å². The van der Waals surface area contributed by atoms with Crippen molar-refractivity contribution in [2.24, 2.45) is 28.6 Å². The number of hydrogen-bond donors (Lipinski definition) is 1. The van der Waals surface area contributed by atoms with Gasteiger partial charge in [0.2, 0.25) is 0 Å². The van der Waals surface area contributed by atoms with E-state index < -0.39 is 5.97 Å². The van der Waals surface area contributed by atoms with Crippen LogP contribution in [0.5, 0.6) is 0 Å². The number of nitrogens with zero attached hydrogens (tertiary/aromatic N) is 1. The number of carbonyl (C=O) groups is 1. The second-order valence-electron chi connectivity index (χ2n) is 9.77. The predicted molar refractivity (Wildman–Crippen MR) is 100.0 cm³/mol. The minimum Gasteiger partial charge on any atom is -0.550 e. The van der Waals surface area contributed by atoms with Gasteiger partial charge in [0, 0.05) is 18.0 Å². The van der Waals surface area contributed by atoms with Gasteiger partial charge in [-0.25, -0.2) is 0 Å². The number of carboxylic acid groups (broad SMARTS) is 1. The first-order chi connectivity index (χ1) is 12.8. The van der Waals surface area contributed by atoms with Crippen LogP contribution in [0.3, 0.4) is 0 Å². The molecule has 0 bridgehead atoms. The second kappa shape index (κ2) is 7.91. The van der Waals surface area contributed by atoms with Crippen molar-refractivity contribution in [2.45, 2.75) is 77.7 Å². The topological polar surface area (TPSA) is 84.1 Å². The van der Waals surface area contributed by atoms with E-state index in [0.29, 0.717) is 23.3 Å². The van der Waals surface area contributed by atoms with Gasteiger partial charge in [-0.3, -0.25) is 0 Å². The van der Waals surface area contributed by atoms with E-state index in [4.69, 9.17) is 0 Å². The third-order valence-corrected chi connectivity index (χ3v) is 8.68. The van der Waals surface area contributed by atoms with E-state index in [1.54, 1.807) is 0 Å². The average Bonchev–Trinajstić information content (AvgIpc) is 2.97. The van der Waals surface area contributed by atoms with E-state index in [1.165, 1.54) is 5.57 Å². The van der Waals surface area contributed by atoms with Crippen molar-refractivity contribution in [1.29, 1.82) is 5.26 Å². The maximum absolute atomic E-state index is 11.1. The van der Waals surface area contributed by atoms with Crippen molar-refractivity contribution < 1.29 is 44.6 Å². The van der Waals surface area contributed by atoms with Crippen LogP contribution in [0, 0.1) is 39.9 Å². The van der Waals surface area contributed by atoms with Crippen LogP contribution in [0.4, 0.5) is 0 Å². The fourth-order valence-corrected chi connectivity index (χ4v) is 7.31. The standard InChI is InChI=1S/C23H31NO3.Na/c1-22-9-7-16(25)12-15(22)3-4-17-19-6-5-18(14(13-24)11-21(26)27)23(19,2)10-8-20(17)22;/h3,16-17,19-20,25H,4-12H2,1-2H3,(H,26,27);/q;+1/p-1/b18-14-;/t16-,17-,19-,20-,22-,23+;/m0./s1. The van der Waals surface area contributed by atoms with Crippen molar-refractivity contribution >= 4 is 5.97 Å². The molecule has 0 aliphatic heterocycles. The molecule has 0 amide bonds. The first kappa shape index (κ1) is 22.1. The van der Waals surface area contributed by atoms with Crippen LogP contribution in [0.25, 0.3) is 0 Å². The molecule has 4 aliphatic rings. The average molecular weight is 391 g/mol. The Kier molecular flexibility index (Phi) is 6.24. The van der Waals surface area contributed by atoms with Crippen LogP contribution in [0.2, 0.25) is 0 Å². The van der Waals surface area contributed by atoms with Crippen LogP contribution in [-0.2, 0) is 4.79 Å². The zero-order valence-corrected chi connectivity index (χ0v) is 19.5. The summed E-state index contributed by atoms with van der Waals surface area (Å²) in [6.07, 6.45) is 9.93. The number of aliphatic hydroxyl groups is 1. The Morgan fingerprint density at radius 2 is 1.93 bits per heavy atom. The molecule has 3 saturated carbocycles. The van der Waals surface area contributed by atoms with Gasteiger partial charge in [0.25, 0.3) is 0 Å². The van der Waals surface area contributed by atoms with Crippen LogP contribution in [0.1, 0.15) is 71.6 Å². The number of aliphatic carboxylic acids is 1. The van der Waals surface area contributed by atoms with Gasteiger partial charge in [0.15, 0.2) is 0 Å². The molecule has 146 valence electrons. The van der Waals surface area contributed by atoms with E-state index in [1.807, 2.05) is 0 Å². The van der Waals surface area contributed by atoms with Gasteiger partial charge in [-0.1, -0.05) is 25.5 Å². The molecule has 6 atom stereocenters. The molecular weight excluding hydrogens is 361 g/mol. The SMILES string of the molecule is C[C@]12CC[C@H](O)CC1=CC[C@@H]1[C@@H]2CC[C@]2(C)/C(=C(\C#N)CC(=O)[O-])CC[C@@H]12.[Na+]. The number of carbonyl (C=O) groups excluding carboxylic acids is 1. The number of rotatable bonds is 2. The quantitative estimate of drug-likeness (QED) is 0.416. The first-order valence-electron chi connectivity index (χ1n) is 10.5. The van der Waals surface area contributed by atoms with Crippen molar-refractivity contribution in [3.05, 3.63) is 22.8 Å². The molecule has 4 nitrogen and oxygen atoms in total. The van der Waals surface area contributed by atoms with Gasteiger partial charge in [0.1, 0.15) is 0 Å². The smallest absolute Gasteiger partial charge is 0.550 e. The van der Waals surface area contributed by atoms with E-state index >= 15 is 0 Å². The number of hydrogen-bond acceptors (Lipinski definition) is 4. The number of aliphatic hydroxyl groups excluding tert-OH is 1.